The van der Waals surface area contributed by atoms with Crippen LogP contribution in [0.1, 0.15) is 37.7 Å². The Hall–Kier alpha value is -1.39. The molecule has 0 spiro atoms. The van der Waals surface area contributed by atoms with Gasteiger partial charge in [0.05, 0.1) is 13.2 Å². The van der Waals surface area contributed by atoms with Crippen LogP contribution in [0.3, 0.4) is 0 Å². The molecule has 1 aromatic rings. The van der Waals surface area contributed by atoms with Crippen LogP contribution in [0.4, 0.5) is 0 Å². The number of ether oxygens (including phenoxy) is 1. The van der Waals surface area contributed by atoms with Crippen molar-refractivity contribution in [3.8, 4) is 0 Å². The predicted octanol–water partition coefficient (Wildman–Crippen LogP) is 2.62. The molecular weight excluding hydrogens is 288 g/mol. The van der Waals surface area contributed by atoms with E-state index >= 15 is 0 Å². The molecule has 0 heterocycles. The van der Waals surface area contributed by atoms with E-state index in [2.05, 4.69) is 34.5 Å². The average Bonchev–Trinajstić information content (AvgIpc) is 2.56. The van der Waals surface area contributed by atoms with Crippen molar-refractivity contribution in [3.63, 3.8) is 0 Å². The van der Waals surface area contributed by atoms with Gasteiger partial charge in [-0.1, -0.05) is 49.6 Å². The number of hydrogen-bond donors (Lipinski definition) is 1. The van der Waals surface area contributed by atoms with E-state index in [-0.39, 0.29) is 11.9 Å². The first-order chi connectivity index (χ1) is 11.2. The molecule has 23 heavy (non-hydrogen) atoms. The minimum Gasteiger partial charge on any atom is -0.383 e. The Morgan fingerprint density at radius 3 is 2.61 bits per heavy atom. The minimum absolute atomic E-state index is 0.133. The fourth-order valence-corrected chi connectivity index (χ4v) is 3.30. The number of carbonyl (C=O) groups is 1. The zero-order chi connectivity index (χ0) is 16.5. The zero-order valence-electron chi connectivity index (χ0n) is 14.5. The van der Waals surface area contributed by atoms with Gasteiger partial charge in [0.15, 0.2) is 0 Å². The number of nitrogens with one attached hydrogen (secondary N) is 1. The molecule has 4 nitrogen and oxygen atoms in total. The van der Waals surface area contributed by atoms with E-state index in [0.29, 0.717) is 19.2 Å². The lowest BCUT2D eigenvalue weighted by Crippen LogP contribution is -2.46. The molecule has 1 aromatic carbocycles. The number of hydrogen-bond acceptors (Lipinski definition) is 3. The Bertz CT molecular complexity index is 458. The smallest absolute Gasteiger partial charge is 0.234 e. The second-order valence-electron chi connectivity index (χ2n) is 6.62. The summed E-state index contributed by atoms with van der Waals surface area (Å²) in [7, 11) is 3.72. The molecular formula is C19H30N2O2. The standard InChI is InChI=1S/C19H30N2O2/c1-21(14-19(22)20-17-11-7-4-8-12-17)18(15-23-2)13-16-9-5-3-6-10-16/h3,5-6,9-10,17-18H,4,7-8,11-15H2,1-2H3,(H,20,22)/t18-/m0/s1. The van der Waals surface area contributed by atoms with Crippen LogP contribution in [0.15, 0.2) is 30.3 Å². The molecule has 1 fully saturated rings. The number of amides is 1. The summed E-state index contributed by atoms with van der Waals surface area (Å²) in [5.41, 5.74) is 1.27. The first-order valence-electron chi connectivity index (χ1n) is 8.71. The second kappa shape index (κ2) is 9.68. The topological polar surface area (TPSA) is 41.6 Å². The molecule has 1 atom stereocenters. The summed E-state index contributed by atoms with van der Waals surface area (Å²) in [5.74, 6) is 0.133. The summed E-state index contributed by atoms with van der Waals surface area (Å²) in [6, 6.07) is 11.0. The van der Waals surface area contributed by atoms with E-state index in [0.717, 1.165) is 19.3 Å². The zero-order valence-corrected chi connectivity index (χ0v) is 14.5. The summed E-state index contributed by atoms with van der Waals surface area (Å²) in [6.45, 7) is 1.06. The molecule has 0 saturated heterocycles. The lowest BCUT2D eigenvalue weighted by Gasteiger charge is -2.29. The van der Waals surface area contributed by atoms with Gasteiger partial charge in [0.25, 0.3) is 0 Å². The van der Waals surface area contributed by atoms with Crippen molar-refractivity contribution in [2.24, 2.45) is 0 Å². The Labute approximate surface area is 140 Å². The molecule has 4 heteroatoms. The first kappa shape index (κ1) is 18.0. The number of methoxy groups -OCH3 is 1. The molecule has 1 aliphatic carbocycles. The van der Waals surface area contributed by atoms with Gasteiger partial charge in [0, 0.05) is 19.2 Å². The lowest BCUT2D eigenvalue weighted by atomic mass is 9.95. The van der Waals surface area contributed by atoms with Crippen LogP contribution in [0.25, 0.3) is 0 Å². The predicted molar refractivity (Wildman–Crippen MR) is 93.5 cm³/mol. The van der Waals surface area contributed by atoms with Crippen molar-refractivity contribution in [2.75, 3.05) is 27.3 Å². The van der Waals surface area contributed by atoms with Gasteiger partial charge in [0.1, 0.15) is 0 Å². The lowest BCUT2D eigenvalue weighted by molar-refractivity contribution is -0.123. The van der Waals surface area contributed by atoms with Crippen molar-refractivity contribution < 1.29 is 9.53 Å². The van der Waals surface area contributed by atoms with Crippen molar-refractivity contribution in [2.45, 2.75) is 50.6 Å². The third-order valence-corrected chi connectivity index (χ3v) is 4.66. The summed E-state index contributed by atoms with van der Waals surface area (Å²) in [4.78, 5) is 14.4. The van der Waals surface area contributed by atoms with E-state index in [1.165, 1.54) is 24.8 Å². The highest BCUT2D eigenvalue weighted by Crippen LogP contribution is 2.17. The van der Waals surface area contributed by atoms with Gasteiger partial charge >= 0.3 is 0 Å². The van der Waals surface area contributed by atoms with Crippen LogP contribution < -0.4 is 5.32 Å². The first-order valence-corrected chi connectivity index (χ1v) is 8.71. The molecule has 1 amide bonds. The summed E-state index contributed by atoms with van der Waals surface area (Å²) in [5, 5.41) is 3.19. The van der Waals surface area contributed by atoms with E-state index in [4.69, 9.17) is 4.74 Å². The Morgan fingerprint density at radius 1 is 1.26 bits per heavy atom. The Balaban J connectivity index is 1.84. The van der Waals surface area contributed by atoms with Crippen LogP contribution in [-0.4, -0.2) is 50.2 Å². The maximum atomic E-state index is 12.3. The summed E-state index contributed by atoms with van der Waals surface area (Å²) in [6.07, 6.45) is 6.92. The van der Waals surface area contributed by atoms with E-state index in [1.807, 2.05) is 13.1 Å². The van der Waals surface area contributed by atoms with Gasteiger partial charge in [-0.05, 0) is 31.9 Å². The Kier molecular flexibility index (Phi) is 7.56. The quantitative estimate of drug-likeness (QED) is 0.801. The molecule has 1 N–H and O–H groups in total. The summed E-state index contributed by atoms with van der Waals surface area (Å²) >= 11 is 0. The van der Waals surface area contributed by atoms with Crippen LogP contribution >= 0.6 is 0 Å². The van der Waals surface area contributed by atoms with E-state index in [9.17, 15) is 4.79 Å². The fourth-order valence-electron chi connectivity index (χ4n) is 3.30. The highest BCUT2D eigenvalue weighted by molar-refractivity contribution is 5.78. The van der Waals surface area contributed by atoms with E-state index < -0.39 is 0 Å². The van der Waals surface area contributed by atoms with Crippen LogP contribution in [0, 0.1) is 0 Å². The van der Waals surface area contributed by atoms with Gasteiger partial charge in [-0.3, -0.25) is 9.69 Å². The highest BCUT2D eigenvalue weighted by Gasteiger charge is 2.20. The van der Waals surface area contributed by atoms with Gasteiger partial charge < -0.3 is 10.1 Å². The van der Waals surface area contributed by atoms with Crippen molar-refractivity contribution in [1.82, 2.24) is 10.2 Å². The number of rotatable bonds is 8. The van der Waals surface area contributed by atoms with Crippen LogP contribution in [0.5, 0.6) is 0 Å². The Morgan fingerprint density at radius 2 is 1.96 bits per heavy atom. The molecule has 0 aromatic heterocycles. The molecule has 1 aliphatic rings. The largest absolute Gasteiger partial charge is 0.383 e. The fraction of sp³-hybridized carbons (Fsp3) is 0.632. The normalized spacial score (nSPS) is 17.2. The molecule has 0 radical (unpaired) electrons. The minimum atomic E-state index is 0.133. The second-order valence-corrected chi connectivity index (χ2v) is 6.62. The molecule has 0 aliphatic heterocycles. The maximum Gasteiger partial charge on any atom is 0.234 e. The van der Waals surface area contributed by atoms with Gasteiger partial charge in [0.2, 0.25) is 5.91 Å². The van der Waals surface area contributed by atoms with Gasteiger partial charge in [-0.2, -0.15) is 0 Å². The van der Waals surface area contributed by atoms with Crippen LogP contribution in [-0.2, 0) is 16.0 Å². The van der Waals surface area contributed by atoms with Gasteiger partial charge in [-0.15, -0.1) is 0 Å². The third kappa shape index (κ3) is 6.32. The number of likely N-dealkylation sites (N-methyl/N-ethyl adjacent to an activating group) is 1. The van der Waals surface area contributed by atoms with Gasteiger partial charge in [-0.25, -0.2) is 0 Å². The van der Waals surface area contributed by atoms with Crippen molar-refractivity contribution >= 4 is 5.91 Å². The average molecular weight is 318 g/mol. The van der Waals surface area contributed by atoms with Crippen molar-refractivity contribution in [3.05, 3.63) is 35.9 Å². The molecule has 1 saturated carbocycles. The third-order valence-electron chi connectivity index (χ3n) is 4.66. The van der Waals surface area contributed by atoms with Crippen LogP contribution in [0.2, 0.25) is 0 Å². The van der Waals surface area contributed by atoms with Crippen molar-refractivity contribution in [1.29, 1.82) is 0 Å². The molecule has 0 unspecified atom stereocenters. The molecule has 128 valence electrons. The monoisotopic (exact) mass is 318 g/mol. The number of benzene rings is 1. The molecule has 2 rings (SSSR count). The molecule has 0 bridgehead atoms. The van der Waals surface area contributed by atoms with E-state index in [1.54, 1.807) is 7.11 Å². The SMILES string of the molecule is COC[C@H](Cc1ccccc1)N(C)CC(=O)NC1CCCCC1. The maximum absolute atomic E-state index is 12.3. The highest BCUT2D eigenvalue weighted by atomic mass is 16.5. The number of carbonyl (C=O) groups excluding carboxylic acids is 1. The number of nitrogens with zero attached hydrogens (tertiary/aromatic N) is 1. The summed E-state index contributed by atoms with van der Waals surface area (Å²) < 4.78 is 5.36.